The van der Waals surface area contributed by atoms with Gasteiger partial charge in [0.05, 0.1) is 10.7 Å². The van der Waals surface area contributed by atoms with Gasteiger partial charge >= 0.3 is 0 Å². The molecule has 2 aromatic rings. The van der Waals surface area contributed by atoms with Crippen molar-refractivity contribution in [2.45, 2.75) is 20.0 Å². The van der Waals surface area contributed by atoms with Crippen LogP contribution < -0.4 is 10.1 Å². The van der Waals surface area contributed by atoms with Crippen LogP contribution in [-0.2, 0) is 4.79 Å². The first kappa shape index (κ1) is 16.6. The third-order valence-electron chi connectivity index (χ3n) is 2.95. The molecule has 1 atom stereocenters. The van der Waals surface area contributed by atoms with Crippen molar-refractivity contribution in [3.05, 3.63) is 57.8 Å². The Kier molecular flexibility index (Phi) is 5.27. The van der Waals surface area contributed by atoms with Crippen LogP contribution in [-0.4, -0.2) is 12.0 Å². The second-order valence-corrected chi connectivity index (χ2v) is 5.65. The van der Waals surface area contributed by atoms with Crippen molar-refractivity contribution in [1.82, 2.24) is 0 Å². The van der Waals surface area contributed by atoms with Crippen LogP contribution in [0.1, 0.15) is 12.5 Å². The highest BCUT2D eigenvalue weighted by Gasteiger charge is 2.18. The number of hydrogen-bond acceptors (Lipinski definition) is 2. The molecule has 0 aliphatic heterocycles. The number of aryl methyl sites for hydroxylation is 1. The summed E-state index contributed by atoms with van der Waals surface area (Å²) in [5, 5.41) is 3.26. The van der Waals surface area contributed by atoms with Gasteiger partial charge in [-0.3, -0.25) is 4.79 Å². The molecular formula is C16H14Cl2FNO2. The van der Waals surface area contributed by atoms with Gasteiger partial charge in [0.1, 0.15) is 11.6 Å². The van der Waals surface area contributed by atoms with Gasteiger partial charge in [0, 0.05) is 5.02 Å². The minimum atomic E-state index is -0.849. The summed E-state index contributed by atoms with van der Waals surface area (Å²) in [5.41, 5.74) is 0.952. The lowest BCUT2D eigenvalue weighted by Gasteiger charge is -2.16. The third-order valence-corrected chi connectivity index (χ3v) is 3.48. The quantitative estimate of drug-likeness (QED) is 0.863. The third kappa shape index (κ3) is 4.12. The SMILES string of the molecule is Cc1ccc(F)c(NC(=O)C(C)Oc2ccc(Cl)cc2Cl)c1. The zero-order valence-electron chi connectivity index (χ0n) is 12.0. The molecule has 116 valence electrons. The summed E-state index contributed by atoms with van der Waals surface area (Å²) in [6.07, 6.45) is -0.849. The Labute approximate surface area is 138 Å². The van der Waals surface area contributed by atoms with Gasteiger partial charge in [-0.1, -0.05) is 29.3 Å². The number of hydrogen-bond donors (Lipinski definition) is 1. The fourth-order valence-corrected chi connectivity index (χ4v) is 2.24. The second kappa shape index (κ2) is 6.99. The Morgan fingerprint density at radius 3 is 2.64 bits per heavy atom. The molecule has 0 bridgehead atoms. The van der Waals surface area contributed by atoms with Crippen LogP contribution in [0.2, 0.25) is 10.0 Å². The molecule has 0 saturated heterocycles. The highest BCUT2D eigenvalue weighted by atomic mass is 35.5. The average Bonchev–Trinajstić information content (AvgIpc) is 2.45. The van der Waals surface area contributed by atoms with Crippen molar-refractivity contribution in [3.8, 4) is 5.75 Å². The number of carbonyl (C=O) groups is 1. The molecule has 0 spiro atoms. The Bertz CT molecular complexity index is 707. The van der Waals surface area contributed by atoms with Gasteiger partial charge in [0.25, 0.3) is 5.91 Å². The van der Waals surface area contributed by atoms with Gasteiger partial charge in [-0.15, -0.1) is 0 Å². The molecule has 6 heteroatoms. The molecule has 0 fully saturated rings. The number of amides is 1. The lowest BCUT2D eigenvalue weighted by atomic mass is 10.2. The molecule has 0 heterocycles. The molecule has 2 rings (SSSR count). The monoisotopic (exact) mass is 341 g/mol. The van der Waals surface area contributed by atoms with Crippen molar-refractivity contribution in [2.24, 2.45) is 0 Å². The number of nitrogens with one attached hydrogen (secondary N) is 1. The molecule has 2 aromatic carbocycles. The van der Waals surface area contributed by atoms with E-state index in [1.54, 1.807) is 31.2 Å². The first-order valence-corrected chi connectivity index (χ1v) is 7.31. The summed E-state index contributed by atoms with van der Waals surface area (Å²) in [6, 6.07) is 9.17. The van der Waals surface area contributed by atoms with Gasteiger partial charge in [-0.05, 0) is 49.7 Å². The van der Waals surface area contributed by atoms with E-state index in [9.17, 15) is 9.18 Å². The molecule has 22 heavy (non-hydrogen) atoms. The van der Waals surface area contributed by atoms with Crippen molar-refractivity contribution in [2.75, 3.05) is 5.32 Å². The van der Waals surface area contributed by atoms with Crippen molar-refractivity contribution in [3.63, 3.8) is 0 Å². The molecule has 3 nitrogen and oxygen atoms in total. The molecule has 0 saturated carbocycles. The number of ether oxygens (including phenoxy) is 1. The predicted molar refractivity (Wildman–Crippen MR) is 86.3 cm³/mol. The van der Waals surface area contributed by atoms with Crippen LogP contribution in [0.4, 0.5) is 10.1 Å². The highest BCUT2D eigenvalue weighted by molar-refractivity contribution is 6.35. The first-order valence-electron chi connectivity index (χ1n) is 6.55. The minimum Gasteiger partial charge on any atom is -0.479 e. The number of rotatable bonds is 4. The Balaban J connectivity index is 2.07. The predicted octanol–water partition coefficient (Wildman–Crippen LogP) is 4.85. The molecule has 0 aromatic heterocycles. The number of carbonyl (C=O) groups excluding carboxylic acids is 1. The van der Waals surface area contributed by atoms with Crippen LogP contribution in [0.5, 0.6) is 5.75 Å². The highest BCUT2D eigenvalue weighted by Crippen LogP contribution is 2.28. The topological polar surface area (TPSA) is 38.3 Å². The largest absolute Gasteiger partial charge is 0.479 e. The van der Waals surface area contributed by atoms with Gasteiger partial charge in [0.2, 0.25) is 0 Å². The fraction of sp³-hybridized carbons (Fsp3) is 0.188. The Hall–Kier alpha value is -1.78. The standard InChI is InChI=1S/C16H14Cl2FNO2/c1-9-3-5-13(19)14(7-9)20-16(21)10(2)22-15-6-4-11(17)8-12(15)18/h3-8,10H,1-2H3,(H,20,21). The van der Waals surface area contributed by atoms with E-state index >= 15 is 0 Å². The van der Waals surface area contributed by atoms with E-state index in [0.717, 1.165) is 5.56 Å². The van der Waals surface area contributed by atoms with Crippen molar-refractivity contribution >= 4 is 34.8 Å². The molecule has 0 aliphatic rings. The zero-order chi connectivity index (χ0) is 16.3. The molecule has 0 aliphatic carbocycles. The number of anilines is 1. The molecule has 1 amide bonds. The van der Waals surface area contributed by atoms with Crippen LogP contribution in [0.25, 0.3) is 0 Å². The van der Waals surface area contributed by atoms with Crippen molar-refractivity contribution < 1.29 is 13.9 Å². The second-order valence-electron chi connectivity index (χ2n) is 4.81. The van der Waals surface area contributed by atoms with Gasteiger partial charge in [-0.2, -0.15) is 0 Å². The molecular weight excluding hydrogens is 328 g/mol. The summed E-state index contributed by atoms with van der Waals surface area (Å²) >= 11 is 11.8. The van der Waals surface area contributed by atoms with E-state index in [-0.39, 0.29) is 5.69 Å². The van der Waals surface area contributed by atoms with Crippen molar-refractivity contribution in [1.29, 1.82) is 0 Å². The lowest BCUT2D eigenvalue weighted by Crippen LogP contribution is -2.30. The normalized spacial score (nSPS) is 11.9. The smallest absolute Gasteiger partial charge is 0.265 e. The summed E-state index contributed by atoms with van der Waals surface area (Å²) in [6.45, 7) is 3.36. The van der Waals surface area contributed by atoms with E-state index in [1.807, 2.05) is 6.92 Å². The first-order chi connectivity index (χ1) is 10.4. The van der Waals surface area contributed by atoms with Crippen LogP contribution >= 0.6 is 23.2 Å². The van der Waals surface area contributed by atoms with E-state index < -0.39 is 17.8 Å². The number of halogens is 3. The molecule has 1 N–H and O–H groups in total. The summed E-state index contributed by atoms with van der Waals surface area (Å²) in [4.78, 5) is 12.1. The van der Waals surface area contributed by atoms with Crippen LogP contribution in [0.3, 0.4) is 0 Å². The van der Waals surface area contributed by atoms with E-state index in [4.69, 9.17) is 27.9 Å². The maximum atomic E-state index is 13.6. The summed E-state index contributed by atoms with van der Waals surface area (Å²) in [5.74, 6) is -0.648. The molecule has 1 unspecified atom stereocenters. The lowest BCUT2D eigenvalue weighted by molar-refractivity contribution is -0.122. The maximum absolute atomic E-state index is 13.6. The maximum Gasteiger partial charge on any atom is 0.265 e. The van der Waals surface area contributed by atoms with Crippen LogP contribution in [0.15, 0.2) is 36.4 Å². The number of benzene rings is 2. The van der Waals surface area contributed by atoms with E-state index in [0.29, 0.717) is 15.8 Å². The Morgan fingerprint density at radius 1 is 1.23 bits per heavy atom. The van der Waals surface area contributed by atoms with E-state index in [1.165, 1.54) is 12.1 Å². The van der Waals surface area contributed by atoms with Gasteiger partial charge < -0.3 is 10.1 Å². The van der Waals surface area contributed by atoms with E-state index in [2.05, 4.69) is 5.32 Å². The van der Waals surface area contributed by atoms with Crippen LogP contribution in [0, 0.1) is 12.7 Å². The summed E-state index contributed by atoms with van der Waals surface area (Å²) < 4.78 is 19.1. The fourth-order valence-electron chi connectivity index (χ4n) is 1.78. The summed E-state index contributed by atoms with van der Waals surface area (Å²) in [7, 11) is 0. The molecule has 0 radical (unpaired) electrons. The zero-order valence-corrected chi connectivity index (χ0v) is 13.5. The van der Waals surface area contributed by atoms with Gasteiger partial charge in [0.15, 0.2) is 6.10 Å². The van der Waals surface area contributed by atoms with Gasteiger partial charge in [-0.25, -0.2) is 4.39 Å². The Morgan fingerprint density at radius 2 is 1.95 bits per heavy atom. The minimum absolute atomic E-state index is 0.114. The average molecular weight is 342 g/mol.